The van der Waals surface area contributed by atoms with Crippen molar-refractivity contribution in [3.63, 3.8) is 0 Å². The van der Waals surface area contributed by atoms with E-state index in [1.165, 1.54) is 0 Å². The topological polar surface area (TPSA) is 63.8 Å². The normalized spacial score (nSPS) is 16.4. The number of hydrogen-bond donors (Lipinski definition) is 1. The average molecular weight is 445 g/mol. The first-order valence-corrected chi connectivity index (χ1v) is 10.1. The molecule has 4 rings (SSSR count). The maximum absolute atomic E-state index is 11.9. The van der Waals surface area contributed by atoms with Crippen LogP contribution < -0.4 is 10.1 Å². The number of thioether (sulfide) groups is 1. The van der Waals surface area contributed by atoms with Crippen molar-refractivity contribution in [3.8, 4) is 17.1 Å². The van der Waals surface area contributed by atoms with Gasteiger partial charge < -0.3 is 14.5 Å². The summed E-state index contributed by atoms with van der Waals surface area (Å²) < 4.78 is 11.0. The number of halogens is 2. The number of nitrogens with one attached hydrogen (secondary N) is 1. The molecule has 0 aliphatic carbocycles. The number of carbonyl (C=O) groups excluding carboxylic acids is 1. The SMILES string of the molecule is COc1ccc(N=C2NC(=O)S/C2=C\c2ccc(-c3cc(Cl)cc(Cl)c3)o2)cc1. The highest BCUT2D eigenvalue weighted by atomic mass is 35.5. The Bertz CT molecular complexity index is 1120. The molecule has 2 heterocycles. The van der Waals surface area contributed by atoms with E-state index in [1.807, 2.05) is 36.4 Å². The van der Waals surface area contributed by atoms with E-state index in [9.17, 15) is 4.79 Å². The van der Waals surface area contributed by atoms with E-state index in [1.54, 1.807) is 31.4 Å². The summed E-state index contributed by atoms with van der Waals surface area (Å²) in [5.74, 6) is 2.41. The second-order valence-corrected chi connectivity index (χ2v) is 7.93. The van der Waals surface area contributed by atoms with Crippen molar-refractivity contribution in [3.05, 3.63) is 75.3 Å². The Hall–Kier alpha value is -2.67. The lowest BCUT2D eigenvalue weighted by atomic mass is 10.2. The fourth-order valence-electron chi connectivity index (χ4n) is 2.71. The number of methoxy groups -OCH3 is 1. The molecule has 0 bridgehead atoms. The Morgan fingerprint density at radius 3 is 2.48 bits per heavy atom. The molecule has 2 aromatic carbocycles. The number of rotatable bonds is 4. The largest absolute Gasteiger partial charge is 0.497 e. The molecular weight excluding hydrogens is 431 g/mol. The summed E-state index contributed by atoms with van der Waals surface area (Å²) in [7, 11) is 1.60. The van der Waals surface area contributed by atoms with Crippen LogP contribution in [-0.2, 0) is 0 Å². The van der Waals surface area contributed by atoms with Gasteiger partial charge in [-0.05, 0) is 72.4 Å². The molecule has 0 radical (unpaired) electrons. The second kappa shape index (κ2) is 8.37. The number of amides is 1. The lowest BCUT2D eigenvalue weighted by molar-refractivity contribution is 0.265. The molecule has 0 atom stereocenters. The minimum atomic E-state index is -0.197. The molecule has 0 saturated carbocycles. The summed E-state index contributed by atoms with van der Waals surface area (Å²) in [5.41, 5.74) is 1.47. The molecule has 1 saturated heterocycles. The van der Waals surface area contributed by atoms with Crippen LogP contribution in [-0.4, -0.2) is 18.2 Å². The third-order valence-corrected chi connectivity index (χ3v) is 5.27. The van der Waals surface area contributed by atoms with E-state index in [0.29, 0.717) is 38.0 Å². The summed E-state index contributed by atoms with van der Waals surface area (Å²) in [4.78, 5) is 17.1. The highest BCUT2D eigenvalue weighted by molar-refractivity contribution is 8.18. The van der Waals surface area contributed by atoms with Crippen LogP contribution in [0.1, 0.15) is 5.76 Å². The minimum Gasteiger partial charge on any atom is -0.497 e. The first-order chi connectivity index (χ1) is 14.0. The van der Waals surface area contributed by atoms with E-state index in [-0.39, 0.29) is 5.24 Å². The van der Waals surface area contributed by atoms with Gasteiger partial charge in [-0.2, -0.15) is 0 Å². The van der Waals surface area contributed by atoms with E-state index in [2.05, 4.69) is 10.3 Å². The van der Waals surface area contributed by atoms with Gasteiger partial charge in [-0.1, -0.05) is 23.2 Å². The summed E-state index contributed by atoms with van der Waals surface area (Å²) in [6, 6.07) is 16.1. The molecule has 3 aromatic rings. The third-order valence-electron chi connectivity index (χ3n) is 4.02. The monoisotopic (exact) mass is 444 g/mol. The highest BCUT2D eigenvalue weighted by Crippen LogP contribution is 2.32. The summed E-state index contributed by atoms with van der Waals surface area (Å²) in [6.45, 7) is 0. The van der Waals surface area contributed by atoms with Gasteiger partial charge in [-0.25, -0.2) is 4.99 Å². The predicted molar refractivity (Wildman–Crippen MR) is 118 cm³/mol. The zero-order valence-electron chi connectivity index (χ0n) is 15.1. The van der Waals surface area contributed by atoms with Crippen LogP contribution in [0.5, 0.6) is 5.75 Å². The molecule has 0 unspecified atom stereocenters. The smallest absolute Gasteiger partial charge is 0.289 e. The van der Waals surface area contributed by atoms with Crippen LogP contribution in [0.15, 0.2) is 68.9 Å². The Morgan fingerprint density at radius 1 is 1.07 bits per heavy atom. The van der Waals surface area contributed by atoms with Crippen LogP contribution in [0.2, 0.25) is 10.0 Å². The van der Waals surface area contributed by atoms with Crippen molar-refractivity contribution in [2.24, 2.45) is 4.99 Å². The number of nitrogens with zero attached hydrogens (tertiary/aromatic N) is 1. The van der Waals surface area contributed by atoms with Crippen molar-refractivity contribution in [1.82, 2.24) is 5.32 Å². The zero-order valence-corrected chi connectivity index (χ0v) is 17.4. The van der Waals surface area contributed by atoms with Crippen molar-refractivity contribution in [2.75, 3.05) is 7.11 Å². The lowest BCUT2D eigenvalue weighted by Gasteiger charge is -2.01. The molecule has 8 heteroatoms. The summed E-state index contributed by atoms with van der Waals surface area (Å²) >= 11 is 13.2. The molecular formula is C21H14Cl2N2O3S. The van der Waals surface area contributed by atoms with E-state index in [4.69, 9.17) is 32.4 Å². The fraction of sp³-hybridized carbons (Fsp3) is 0.0476. The second-order valence-electron chi connectivity index (χ2n) is 6.04. The van der Waals surface area contributed by atoms with Gasteiger partial charge in [-0.3, -0.25) is 4.79 Å². The molecule has 1 N–H and O–H groups in total. The van der Waals surface area contributed by atoms with Crippen molar-refractivity contribution < 1.29 is 13.9 Å². The molecule has 1 fully saturated rings. The fourth-order valence-corrected chi connectivity index (χ4v) is 3.95. The predicted octanol–water partition coefficient (Wildman–Crippen LogP) is 6.79. The van der Waals surface area contributed by atoms with Gasteiger partial charge in [0.1, 0.15) is 23.1 Å². The van der Waals surface area contributed by atoms with Gasteiger partial charge in [0, 0.05) is 15.6 Å². The summed E-state index contributed by atoms with van der Waals surface area (Å²) in [6.07, 6.45) is 1.76. The number of ether oxygens (including phenoxy) is 1. The van der Waals surface area contributed by atoms with Gasteiger partial charge in [-0.15, -0.1) is 0 Å². The third kappa shape index (κ3) is 4.67. The maximum Gasteiger partial charge on any atom is 0.289 e. The molecule has 29 heavy (non-hydrogen) atoms. The van der Waals surface area contributed by atoms with Crippen LogP contribution in [0, 0.1) is 0 Å². The van der Waals surface area contributed by atoms with Gasteiger partial charge in [0.05, 0.1) is 17.7 Å². The number of furan rings is 1. The van der Waals surface area contributed by atoms with Gasteiger partial charge >= 0.3 is 0 Å². The van der Waals surface area contributed by atoms with Crippen molar-refractivity contribution >= 4 is 57.8 Å². The number of benzene rings is 2. The van der Waals surface area contributed by atoms with Gasteiger partial charge in [0.15, 0.2) is 0 Å². The maximum atomic E-state index is 11.9. The number of carbonyl (C=O) groups is 1. The Kier molecular flexibility index (Phi) is 5.67. The molecule has 1 aliphatic rings. The van der Waals surface area contributed by atoms with E-state index < -0.39 is 0 Å². The first-order valence-electron chi connectivity index (χ1n) is 8.50. The molecule has 146 valence electrons. The van der Waals surface area contributed by atoms with Crippen LogP contribution in [0.4, 0.5) is 10.5 Å². The van der Waals surface area contributed by atoms with Crippen molar-refractivity contribution in [2.45, 2.75) is 0 Å². The lowest BCUT2D eigenvalue weighted by Crippen LogP contribution is -2.18. The van der Waals surface area contributed by atoms with Crippen molar-refractivity contribution in [1.29, 1.82) is 0 Å². The highest BCUT2D eigenvalue weighted by Gasteiger charge is 2.24. The minimum absolute atomic E-state index is 0.197. The summed E-state index contributed by atoms with van der Waals surface area (Å²) in [5, 5.41) is 3.61. The molecule has 1 aromatic heterocycles. The number of aliphatic imine (C=N–C) groups is 1. The average Bonchev–Trinajstić information content (AvgIpc) is 3.28. The number of hydrogen-bond acceptors (Lipinski definition) is 5. The van der Waals surface area contributed by atoms with E-state index in [0.717, 1.165) is 23.1 Å². The molecule has 5 nitrogen and oxygen atoms in total. The molecule has 1 amide bonds. The first kappa shape index (κ1) is 19.6. The number of amidine groups is 1. The van der Waals surface area contributed by atoms with Crippen LogP contribution >= 0.6 is 35.0 Å². The van der Waals surface area contributed by atoms with E-state index >= 15 is 0 Å². The molecule has 0 spiro atoms. The quantitative estimate of drug-likeness (QED) is 0.480. The zero-order chi connectivity index (χ0) is 20.4. The Morgan fingerprint density at radius 2 is 1.79 bits per heavy atom. The van der Waals surface area contributed by atoms with Crippen LogP contribution in [0.3, 0.4) is 0 Å². The Balaban J connectivity index is 1.63. The van der Waals surface area contributed by atoms with Crippen LogP contribution in [0.25, 0.3) is 17.4 Å². The standard InChI is InChI=1S/C21H14Cl2N2O3S/c1-27-16-4-2-15(3-5-16)24-20-19(29-21(26)25-20)11-17-6-7-18(28-17)12-8-13(22)10-14(23)9-12/h2-11H,1H3,(H,24,25,26)/b19-11-. The molecule has 1 aliphatic heterocycles. The van der Waals surface area contributed by atoms with Gasteiger partial charge in [0.2, 0.25) is 0 Å². The van der Waals surface area contributed by atoms with Gasteiger partial charge in [0.25, 0.3) is 5.24 Å². The Labute approximate surface area is 181 Å².